The van der Waals surface area contributed by atoms with Crippen molar-refractivity contribution in [2.45, 2.75) is 35.9 Å². The third-order valence-corrected chi connectivity index (χ3v) is 8.73. The largest absolute Gasteiger partial charge is 0.296 e. The molecule has 1 saturated heterocycles. The number of thiophene rings is 1. The van der Waals surface area contributed by atoms with Crippen LogP contribution in [0.2, 0.25) is 0 Å². The second-order valence-electron chi connectivity index (χ2n) is 5.40. The summed E-state index contributed by atoms with van der Waals surface area (Å²) in [5.41, 5.74) is 0. The van der Waals surface area contributed by atoms with Crippen molar-refractivity contribution in [1.29, 1.82) is 0 Å². The number of anilines is 1. The quantitative estimate of drug-likeness (QED) is 0.572. The van der Waals surface area contributed by atoms with Crippen LogP contribution in [0.3, 0.4) is 0 Å². The number of amides is 1. The zero-order valence-corrected chi connectivity index (χ0v) is 17.1. The van der Waals surface area contributed by atoms with Crippen molar-refractivity contribution in [3.05, 3.63) is 15.8 Å². The van der Waals surface area contributed by atoms with E-state index in [0.717, 1.165) is 22.9 Å². The molecular formula is C14H18N4O3S4. The third-order valence-electron chi connectivity index (χ3n) is 3.67. The van der Waals surface area contributed by atoms with Crippen LogP contribution < -0.4 is 5.32 Å². The summed E-state index contributed by atoms with van der Waals surface area (Å²) >= 11 is 4.04. The molecule has 3 heterocycles. The van der Waals surface area contributed by atoms with Gasteiger partial charge in [-0.2, -0.15) is 4.31 Å². The van der Waals surface area contributed by atoms with Gasteiger partial charge in [-0.05, 0) is 31.6 Å². The number of sulfonamides is 1. The minimum absolute atomic E-state index is 0.226. The van der Waals surface area contributed by atoms with Crippen molar-refractivity contribution in [3.8, 4) is 0 Å². The lowest BCUT2D eigenvalue weighted by Gasteiger charge is -2.14. The Labute approximate surface area is 158 Å². The number of rotatable bonds is 6. The summed E-state index contributed by atoms with van der Waals surface area (Å²) in [6.45, 7) is 4.83. The Balaban J connectivity index is 1.77. The van der Waals surface area contributed by atoms with E-state index in [0.29, 0.717) is 28.0 Å². The highest BCUT2D eigenvalue weighted by Crippen LogP contribution is 2.31. The normalized spacial score (nSPS) is 15.6. The van der Waals surface area contributed by atoms with Crippen LogP contribution in [0.15, 0.2) is 15.3 Å². The first kappa shape index (κ1) is 18.8. The van der Waals surface area contributed by atoms with Gasteiger partial charge >= 0.3 is 0 Å². The van der Waals surface area contributed by atoms with E-state index in [9.17, 15) is 13.2 Å². The van der Waals surface area contributed by atoms with E-state index in [1.54, 1.807) is 18.7 Å². The Bertz CT molecular complexity index is 869. The molecule has 25 heavy (non-hydrogen) atoms. The lowest BCUT2D eigenvalue weighted by atomic mass is 10.4. The van der Waals surface area contributed by atoms with Crippen molar-refractivity contribution in [3.63, 3.8) is 0 Å². The van der Waals surface area contributed by atoms with E-state index < -0.39 is 10.0 Å². The fourth-order valence-electron chi connectivity index (χ4n) is 2.50. The average molecular weight is 419 g/mol. The zero-order valence-electron chi connectivity index (χ0n) is 13.8. The second-order valence-corrected chi connectivity index (χ2v) is 11.1. The van der Waals surface area contributed by atoms with Gasteiger partial charge in [-0.25, -0.2) is 8.42 Å². The van der Waals surface area contributed by atoms with Crippen LogP contribution in [0.1, 0.15) is 34.3 Å². The molecule has 0 unspecified atom stereocenters. The van der Waals surface area contributed by atoms with Crippen LogP contribution in [0.5, 0.6) is 0 Å². The smallest absolute Gasteiger partial charge is 0.267 e. The Morgan fingerprint density at radius 1 is 1.32 bits per heavy atom. The van der Waals surface area contributed by atoms with Crippen LogP contribution in [0, 0.1) is 6.92 Å². The standard InChI is InChI=1S/C14H18N4O3S4/c1-3-22-14-17-16-13(24-14)15-12(19)10-8-11(9(2)23-10)25(20,21)18-6-4-5-7-18/h8H,3-7H2,1-2H3,(H,15,16,19). The van der Waals surface area contributed by atoms with Crippen molar-refractivity contribution in [2.75, 3.05) is 24.2 Å². The molecule has 1 amide bonds. The Hall–Kier alpha value is -1.01. The summed E-state index contributed by atoms with van der Waals surface area (Å²) < 4.78 is 27.7. The molecular weight excluding hydrogens is 400 g/mol. The zero-order chi connectivity index (χ0) is 18.0. The van der Waals surface area contributed by atoms with Crippen LogP contribution in [-0.2, 0) is 10.0 Å². The van der Waals surface area contributed by atoms with Gasteiger partial charge in [0.05, 0.1) is 9.77 Å². The Morgan fingerprint density at radius 2 is 2.04 bits per heavy atom. The number of carbonyl (C=O) groups is 1. The number of aryl methyl sites for hydroxylation is 1. The fraction of sp³-hybridized carbons (Fsp3) is 0.500. The summed E-state index contributed by atoms with van der Waals surface area (Å²) in [6.07, 6.45) is 1.76. The topological polar surface area (TPSA) is 92.3 Å². The summed E-state index contributed by atoms with van der Waals surface area (Å²) in [5.74, 6) is 0.518. The van der Waals surface area contributed by atoms with E-state index in [-0.39, 0.29) is 10.8 Å². The molecule has 0 aromatic carbocycles. The molecule has 0 bridgehead atoms. The molecule has 0 saturated carbocycles. The monoisotopic (exact) mass is 418 g/mol. The van der Waals surface area contributed by atoms with Crippen molar-refractivity contribution in [1.82, 2.24) is 14.5 Å². The summed E-state index contributed by atoms with van der Waals surface area (Å²) in [7, 11) is -3.52. The first-order valence-electron chi connectivity index (χ1n) is 7.80. The first-order valence-corrected chi connectivity index (χ1v) is 11.9. The highest BCUT2D eigenvalue weighted by atomic mass is 32.2. The van der Waals surface area contributed by atoms with Gasteiger partial charge in [0.1, 0.15) is 0 Å². The van der Waals surface area contributed by atoms with E-state index in [2.05, 4.69) is 15.5 Å². The lowest BCUT2D eigenvalue weighted by molar-refractivity contribution is 0.103. The minimum Gasteiger partial charge on any atom is -0.296 e. The molecule has 0 spiro atoms. The van der Waals surface area contributed by atoms with Gasteiger partial charge in [0.15, 0.2) is 4.34 Å². The molecule has 1 N–H and O–H groups in total. The van der Waals surface area contributed by atoms with Crippen LogP contribution in [0.4, 0.5) is 5.13 Å². The van der Waals surface area contributed by atoms with Crippen LogP contribution in [0.25, 0.3) is 0 Å². The minimum atomic E-state index is -3.52. The summed E-state index contributed by atoms with van der Waals surface area (Å²) in [6, 6.07) is 1.46. The highest BCUT2D eigenvalue weighted by molar-refractivity contribution is 8.01. The van der Waals surface area contributed by atoms with E-state index in [1.807, 2.05) is 6.92 Å². The van der Waals surface area contributed by atoms with Gasteiger partial charge in [0, 0.05) is 18.0 Å². The molecule has 11 heteroatoms. The van der Waals surface area contributed by atoms with E-state index in [4.69, 9.17) is 0 Å². The predicted octanol–water partition coefficient (Wildman–Crippen LogP) is 3.06. The van der Waals surface area contributed by atoms with Gasteiger partial charge < -0.3 is 0 Å². The average Bonchev–Trinajstić information content (AvgIpc) is 3.28. The Kier molecular flexibility index (Phi) is 5.78. The number of carbonyl (C=O) groups excluding carboxylic acids is 1. The second kappa shape index (κ2) is 7.70. The molecule has 136 valence electrons. The van der Waals surface area contributed by atoms with Gasteiger partial charge in [-0.3, -0.25) is 10.1 Å². The number of hydrogen-bond acceptors (Lipinski definition) is 8. The van der Waals surface area contributed by atoms with E-state index >= 15 is 0 Å². The SMILES string of the molecule is CCSc1nnc(NC(=O)c2cc(S(=O)(=O)N3CCCC3)c(C)s2)s1. The Morgan fingerprint density at radius 3 is 2.72 bits per heavy atom. The first-order chi connectivity index (χ1) is 11.9. The number of hydrogen-bond donors (Lipinski definition) is 1. The van der Waals surface area contributed by atoms with Gasteiger partial charge in [0.25, 0.3) is 5.91 Å². The predicted molar refractivity (Wildman–Crippen MR) is 101 cm³/mol. The molecule has 0 atom stereocenters. The molecule has 2 aromatic heterocycles. The molecule has 1 aliphatic rings. The van der Waals surface area contributed by atoms with Gasteiger partial charge in [-0.15, -0.1) is 21.5 Å². The number of aromatic nitrogens is 2. The van der Waals surface area contributed by atoms with Crippen molar-refractivity contribution < 1.29 is 13.2 Å². The van der Waals surface area contributed by atoms with E-state index in [1.165, 1.54) is 33.0 Å². The van der Waals surface area contributed by atoms with Crippen LogP contribution >= 0.6 is 34.4 Å². The third kappa shape index (κ3) is 4.05. The summed E-state index contributed by atoms with van der Waals surface area (Å²) in [4.78, 5) is 13.6. The molecule has 0 aliphatic carbocycles. The molecule has 0 radical (unpaired) electrons. The molecule has 7 nitrogen and oxygen atoms in total. The van der Waals surface area contributed by atoms with Gasteiger partial charge in [0.2, 0.25) is 15.2 Å². The fourth-order valence-corrected chi connectivity index (χ4v) is 7.12. The maximum atomic E-state index is 12.7. The van der Waals surface area contributed by atoms with Crippen molar-refractivity contribution in [2.24, 2.45) is 0 Å². The van der Waals surface area contributed by atoms with Crippen molar-refractivity contribution >= 4 is 55.5 Å². The molecule has 1 aliphatic heterocycles. The lowest BCUT2D eigenvalue weighted by Crippen LogP contribution is -2.28. The number of thioether (sulfide) groups is 1. The molecule has 2 aromatic rings. The molecule has 3 rings (SSSR count). The maximum Gasteiger partial charge on any atom is 0.267 e. The maximum absolute atomic E-state index is 12.7. The summed E-state index contributed by atoms with van der Waals surface area (Å²) in [5, 5.41) is 11.0. The highest BCUT2D eigenvalue weighted by Gasteiger charge is 2.30. The van der Waals surface area contributed by atoms with Gasteiger partial charge in [-0.1, -0.05) is 30.0 Å². The molecule has 1 fully saturated rings. The number of nitrogens with one attached hydrogen (secondary N) is 1. The van der Waals surface area contributed by atoms with Crippen LogP contribution in [-0.4, -0.2) is 47.7 Å². The number of nitrogens with zero attached hydrogens (tertiary/aromatic N) is 3.